The van der Waals surface area contributed by atoms with Crippen LogP contribution in [0.5, 0.6) is 0 Å². The first-order valence-electron chi connectivity index (χ1n) is 5.91. The number of nitrogens with zero attached hydrogens (tertiary/aromatic N) is 3. The molecule has 0 bridgehead atoms. The zero-order valence-corrected chi connectivity index (χ0v) is 17.2. The molecule has 0 aromatic carbocycles. The smallest absolute Gasteiger partial charge is 0.693 e. The van der Waals surface area contributed by atoms with E-state index < -0.39 is 0 Å². The molecule has 0 aromatic rings. The van der Waals surface area contributed by atoms with Gasteiger partial charge in [0.25, 0.3) is 0 Å². The molecule has 0 aliphatic carbocycles. The molecule has 0 fully saturated rings. The Balaban J connectivity index is -0.0000000257. The van der Waals surface area contributed by atoms with E-state index in [2.05, 4.69) is 36.7 Å². The van der Waals surface area contributed by atoms with Crippen LogP contribution < -0.4 is 0 Å². The van der Waals surface area contributed by atoms with E-state index in [1.807, 2.05) is 20.8 Å². The van der Waals surface area contributed by atoms with Crippen molar-refractivity contribution >= 4 is 0 Å². The van der Waals surface area contributed by atoms with Gasteiger partial charge in [-0.25, -0.2) is 0 Å². The Bertz CT molecular complexity index is 55.7. The van der Waals surface area contributed by atoms with Crippen LogP contribution >= 0.6 is 0 Å². The quantitative estimate of drug-likeness (QED) is 0.543. The van der Waals surface area contributed by atoms with Crippen molar-refractivity contribution in [3.05, 3.63) is 28.0 Å². The molecule has 0 aromatic heterocycles. The Morgan fingerprint density at radius 2 is 0.722 bits per heavy atom. The molecule has 112 valence electrons. The van der Waals surface area contributed by atoms with Crippen molar-refractivity contribution in [3.8, 4) is 0 Å². The normalized spacial score (nSPS) is 7.00. The second-order valence-electron chi connectivity index (χ2n) is 3.40. The molecule has 4 nitrogen and oxygen atoms in total. The van der Waals surface area contributed by atoms with Gasteiger partial charge in [-0.2, -0.15) is 61.5 Å². The molecule has 0 heterocycles. The summed E-state index contributed by atoms with van der Waals surface area (Å²) in [6.07, 6.45) is 0. The van der Waals surface area contributed by atoms with E-state index >= 15 is 0 Å². The van der Waals surface area contributed by atoms with Crippen LogP contribution in [0.3, 0.4) is 0 Å². The second-order valence-corrected chi connectivity index (χ2v) is 3.40. The predicted octanol–water partition coefficient (Wildman–Crippen LogP) is 5.36. The van der Waals surface area contributed by atoms with Gasteiger partial charge in [0.15, 0.2) is 0 Å². The van der Waals surface area contributed by atoms with Crippen molar-refractivity contribution in [2.24, 2.45) is 0 Å². The Morgan fingerprint density at radius 1 is 0.667 bits per heavy atom. The van der Waals surface area contributed by atoms with E-state index in [9.17, 15) is 0 Å². The Morgan fingerprint density at radius 3 is 0.722 bits per heavy atom. The van der Waals surface area contributed by atoms with Crippen LogP contribution in [0.1, 0.15) is 41.5 Å². The molecule has 5 heteroatoms. The maximum Gasteiger partial charge on any atom is 5.00 e. The molecule has 0 spiro atoms. The minimum atomic E-state index is 0. The first-order valence-corrected chi connectivity index (χ1v) is 5.91. The van der Waals surface area contributed by atoms with Gasteiger partial charge in [0.1, 0.15) is 0 Å². The van der Waals surface area contributed by atoms with Crippen LogP contribution in [0.4, 0.5) is 0 Å². The van der Waals surface area contributed by atoms with Crippen LogP contribution in [0.2, 0.25) is 0 Å². The van der Waals surface area contributed by atoms with Gasteiger partial charge in [-0.3, -0.25) is 0 Å². The second kappa shape index (κ2) is 52.7. The minimum Gasteiger partial charge on any atom is -0.693 e. The molecule has 0 saturated carbocycles. The SMILES string of the molecule is CC[N-]C.CC[N-]C.CC[N-]C.C[C-](C)C.[NH2-].[Ta+5]. The predicted molar refractivity (Wildman–Crippen MR) is 85.0 cm³/mol. The van der Waals surface area contributed by atoms with Gasteiger partial charge < -0.3 is 28.0 Å². The number of rotatable bonds is 3. The Labute approximate surface area is 133 Å². The summed E-state index contributed by atoms with van der Waals surface area (Å²) in [5, 5.41) is 11.2. The monoisotopic (exact) mass is 428 g/mol. The molecule has 0 aliphatic heterocycles. The summed E-state index contributed by atoms with van der Waals surface area (Å²) < 4.78 is 0. The van der Waals surface area contributed by atoms with Crippen molar-refractivity contribution in [2.75, 3.05) is 40.8 Å². The van der Waals surface area contributed by atoms with Crippen LogP contribution in [-0.2, 0) is 22.4 Å². The number of hydrogen-bond donors (Lipinski definition) is 0. The van der Waals surface area contributed by atoms with Crippen LogP contribution in [0, 0.1) is 5.92 Å². The molecule has 0 saturated heterocycles. The summed E-state index contributed by atoms with van der Waals surface area (Å²) in [7, 11) is 5.42. The summed E-state index contributed by atoms with van der Waals surface area (Å²) in [6.45, 7) is 15.1. The fourth-order valence-corrected chi connectivity index (χ4v) is 0. The largest absolute Gasteiger partial charge is 5.00 e. The maximum atomic E-state index is 3.74. The van der Waals surface area contributed by atoms with Crippen molar-refractivity contribution in [3.63, 3.8) is 0 Å². The third-order valence-electron chi connectivity index (χ3n) is 0.949. The maximum absolute atomic E-state index is 3.74. The van der Waals surface area contributed by atoms with E-state index in [4.69, 9.17) is 0 Å². The van der Waals surface area contributed by atoms with Gasteiger partial charge in [0.05, 0.1) is 0 Å². The van der Waals surface area contributed by atoms with Crippen molar-refractivity contribution in [2.45, 2.75) is 41.5 Å². The first kappa shape index (κ1) is 36.3. The van der Waals surface area contributed by atoms with Crippen molar-refractivity contribution in [1.82, 2.24) is 0 Å². The van der Waals surface area contributed by atoms with Crippen molar-refractivity contribution in [1.29, 1.82) is 0 Å². The zero-order chi connectivity index (χ0) is 13.8. The van der Waals surface area contributed by atoms with Gasteiger partial charge >= 0.3 is 22.4 Å². The summed E-state index contributed by atoms with van der Waals surface area (Å²) in [5.41, 5.74) is 0. The molecular formula is C13H35N4Ta. The molecule has 0 aliphatic rings. The number of nitrogens with two attached hydrogens (primary N) is 1. The van der Waals surface area contributed by atoms with E-state index in [0.717, 1.165) is 19.6 Å². The fourth-order valence-electron chi connectivity index (χ4n) is 0. The Kier molecular flexibility index (Phi) is 106. The molecule has 0 atom stereocenters. The first-order chi connectivity index (χ1) is 7.47. The van der Waals surface area contributed by atoms with E-state index in [-0.39, 0.29) is 28.5 Å². The zero-order valence-electron chi connectivity index (χ0n) is 14.0. The standard InChI is InChI=1S/C4H9.3C3H8N.H2N.Ta/c1-4(2)3;3*1-3-4-2;;/h1-3H3;3*3H2,1-2H3;1H2;/q5*-1;+5. The van der Waals surface area contributed by atoms with Gasteiger partial charge in [-0.15, -0.1) is 0 Å². The van der Waals surface area contributed by atoms with Crippen LogP contribution in [-0.4, -0.2) is 40.8 Å². The fraction of sp³-hybridized carbons (Fsp3) is 0.923. The van der Waals surface area contributed by atoms with Crippen LogP contribution in [0.25, 0.3) is 22.1 Å². The van der Waals surface area contributed by atoms with Gasteiger partial charge in [0.2, 0.25) is 0 Å². The average molecular weight is 428 g/mol. The molecule has 18 heavy (non-hydrogen) atoms. The van der Waals surface area contributed by atoms with Gasteiger partial charge in [0, 0.05) is 0 Å². The molecule has 0 unspecified atom stereocenters. The molecule has 0 radical (unpaired) electrons. The summed E-state index contributed by atoms with van der Waals surface area (Å²) in [5.74, 6) is 1.42. The molecular weight excluding hydrogens is 393 g/mol. The third-order valence-corrected chi connectivity index (χ3v) is 0.949. The van der Waals surface area contributed by atoms with E-state index in [1.54, 1.807) is 21.1 Å². The van der Waals surface area contributed by atoms with E-state index in [1.165, 1.54) is 5.92 Å². The van der Waals surface area contributed by atoms with Crippen molar-refractivity contribution < 1.29 is 22.4 Å². The average Bonchev–Trinajstić information content (AvgIpc) is 2.28. The van der Waals surface area contributed by atoms with Gasteiger partial charge in [-0.05, 0) is 0 Å². The summed E-state index contributed by atoms with van der Waals surface area (Å²) >= 11 is 0. The van der Waals surface area contributed by atoms with Crippen LogP contribution in [0.15, 0.2) is 0 Å². The molecule has 0 amide bonds. The minimum absolute atomic E-state index is 0. The van der Waals surface area contributed by atoms with Gasteiger partial charge in [-0.1, -0.05) is 20.8 Å². The molecule has 2 N–H and O–H groups in total. The summed E-state index contributed by atoms with van der Waals surface area (Å²) in [4.78, 5) is 0. The molecule has 0 rings (SSSR count). The number of hydrogen-bond acceptors (Lipinski definition) is 0. The third kappa shape index (κ3) is 314. The Hall–Kier alpha value is 0.580. The van der Waals surface area contributed by atoms with E-state index in [0.29, 0.717) is 0 Å². The summed E-state index contributed by atoms with van der Waals surface area (Å²) in [6, 6.07) is 0. The topological polar surface area (TPSA) is 75.8 Å².